The highest BCUT2D eigenvalue weighted by Gasteiger charge is 2.46. The van der Waals surface area contributed by atoms with Crippen LogP contribution in [0.3, 0.4) is 0 Å². The van der Waals surface area contributed by atoms with Gasteiger partial charge in [-0.25, -0.2) is 14.8 Å². The molecule has 2 rings (SSSR count). The highest BCUT2D eigenvalue weighted by Crippen LogP contribution is 2.36. The summed E-state index contributed by atoms with van der Waals surface area (Å²) in [5.74, 6) is 0.783. The molecule has 1 unspecified atom stereocenters. The summed E-state index contributed by atoms with van der Waals surface area (Å²) in [5.41, 5.74) is 0.0929. The number of carbonyl (C=O) groups is 1. The Kier molecular flexibility index (Phi) is 3.73. The zero-order chi connectivity index (χ0) is 14.0. The molecule has 1 aliphatic heterocycles. The standard InChI is InChI=1S/C14H21N3O2/c1-4-11-15-10(3)9-12(16-11)17-8-6-7-14(17,5-2)13(18)19/h9H,4-8H2,1-3H3,(H,18,19). The highest BCUT2D eigenvalue weighted by molar-refractivity contribution is 5.84. The van der Waals surface area contributed by atoms with E-state index in [2.05, 4.69) is 9.97 Å². The van der Waals surface area contributed by atoms with Gasteiger partial charge in [0.2, 0.25) is 0 Å². The number of carboxylic acid groups (broad SMARTS) is 1. The average Bonchev–Trinajstić information content (AvgIpc) is 2.83. The zero-order valence-corrected chi connectivity index (χ0v) is 11.8. The number of aryl methyl sites for hydroxylation is 2. The van der Waals surface area contributed by atoms with Crippen molar-refractivity contribution in [3.8, 4) is 0 Å². The van der Waals surface area contributed by atoms with Gasteiger partial charge in [-0.05, 0) is 26.2 Å². The minimum absolute atomic E-state index is 0.590. The smallest absolute Gasteiger partial charge is 0.329 e. The number of anilines is 1. The van der Waals surface area contributed by atoms with Gasteiger partial charge < -0.3 is 10.0 Å². The molecule has 19 heavy (non-hydrogen) atoms. The third-order valence-electron chi connectivity index (χ3n) is 3.95. The monoisotopic (exact) mass is 263 g/mol. The van der Waals surface area contributed by atoms with Gasteiger partial charge in [0.25, 0.3) is 0 Å². The lowest BCUT2D eigenvalue weighted by molar-refractivity contribution is -0.143. The molecule has 5 nitrogen and oxygen atoms in total. The number of rotatable bonds is 4. The van der Waals surface area contributed by atoms with Gasteiger partial charge in [-0.15, -0.1) is 0 Å². The fourth-order valence-corrected chi connectivity index (χ4v) is 2.86. The second-order valence-electron chi connectivity index (χ2n) is 5.08. The Morgan fingerprint density at radius 1 is 1.47 bits per heavy atom. The van der Waals surface area contributed by atoms with Crippen LogP contribution in [0, 0.1) is 6.92 Å². The van der Waals surface area contributed by atoms with Gasteiger partial charge in [-0.1, -0.05) is 13.8 Å². The highest BCUT2D eigenvalue weighted by atomic mass is 16.4. The molecule has 2 heterocycles. The zero-order valence-electron chi connectivity index (χ0n) is 11.8. The molecule has 0 aliphatic carbocycles. The van der Waals surface area contributed by atoms with Gasteiger partial charge in [0.05, 0.1) is 0 Å². The molecule has 1 N–H and O–H groups in total. The number of nitrogens with zero attached hydrogens (tertiary/aromatic N) is 3. The first-order valence-electron chi connectivity index (χ1n) is 6.89. The molecule has 0 radical (unpaired) electrons. The second kappa shape index (κ2) is 5.15. The molecular formula is C14H21N3O2. The van der Waals surface area contributed by atoms with Crippen molar-refractivity contribution in [1.29, 1.82) is 0 Å². The van der Waals surface area contributed by atoms with E-state index in [1.807, 2.05) is 31.7 Å². The number of aliphatic carboxylic acids is 1. The van der Waals surface area contributed by atoms with E-state index in [0.717, 1.165) is 36.7 Å². The normalized spacial score (nSPS) is 22.8. The first kappa shape index (κ1) is 13.8. The fraction of sp³-hybridized carbons (Fsp3) is 0.643. The van der Waals surface area contributed by atoms with Gasteiger partial charge in [0.1, 0.15) is 17.2 Å². The first-order valence-corrected chi connectivity index (χ1v) is 6.89. The Labute approximate surface area is 113 Å². The maximum atomic E-state index is 11.7. The van der Waals surface area contributed by atoms with E-state index in [1.165, 1.54) is 0 Å². The van der Waals surface area contributed by atoms with Crippen LogP contribution in [0.1, 0.15) is 44.6 Å². The van der Waals surface area contributed by atoms with Crippen LogP contribution < -0.4 is 4.90 Å². The van der Waals surface area contributed by atoms with Crippen LogP contribution in [0.25, 0.3) is 0 Å². The van der Waals surface area contributed by atoms with Crippen molar-refractivity contribution in [2.75, 3.05) is 11.4 Å². The van der Waals surface area contributed by atoms with Crippen LogP contribution in [0.4, 0.5) is 5.82 Å². The summed E-state index contributed by atoms with van der Waals surface area (Å²) in [6.45, 7) is 6.61. The molecule has 0 bridgehead atoms. The van der Waals surface area contributed by atoms with Crippen molar-refractivity contribution in [1.82, 2.24) is 9.97 Å². The maximum Gasteiger partial charge on any atom is 0.329 e. The summed E-state index contributed by atoms with van der Waals surface area (Å²) in [7, 11) is 0. The molecule has 1 saturated heterocycles. The number of aromatic nitrogens is 2. The Bertz CT molecular complexity index is 490. The molecule has 1 fully saturated rings. The van der Waals surface area contributed by atoms with Crippen LogP contribution >= 0.6 is 0 Å². The Balaban J connectivity index is 2.45. The first-order chi connectivity index (χ1) is 9.03. The summed E-state index contributed by atoms with van der Waals surface area (Å²) < 4.78 is 0. The molecule has 0 spiro atoms. The summed E-state index contributed by atoms with van der Waals surface area (Å²) in [5, 5.41) is 9.61. The summed E-state index contributed by atoms with van der Waals surface area (Å²) in [4.78, 5) is 22.5. The third kappa shape index (κ3) is 2.29. The quantitative estimate of drug-likeness (QED) is 0.902. The topological polar surface area (TPSA) is 66.3 Å². The summed E-state index contributed by atoms with van der Waals surface area (Å²) in [6, 6.07) is 1.89. The lowest BCUT2D eigenvalue weighted by Gasteiger charge is -2.35. The molecule has 0 aromatic carbocycles. The van der Waals surface area contributed by atoms with Crippen LogP contribution in [0.15, 0.2) is 6.07 Å². The summed E-state index contributed by atoms with van der Waals surface area (Å²) >= 11 is 0. The van der Waals surface area contributed by atoms with Gasteiger partial charge in [-0.2, -0.15) is 0 Å². The molecule has 1 aromatic heterocycles. The molecule has 104 valence electrons. The second-order valence-corrected chi connectivity index (χ2v) is 5.08. The molecule has 1 aromatic rings. The molecule has 0 amide bonds. The number of hydrogen-bond donors (Lipinski definition) is 1. The molecule has 0 saturated carbocycles. The minimum Gasteiger partial charge on any atom is -0.479 e. The average molecular weight is 263 g/mol. The Hall–Kier alpha value is -1.65. The van der Waals surface area contributed by atoms with Crippen molar-refractivity contribution >= 4 is 11.8 Å². The van der Waals surface area contributed by atoms with E-state index in [-0.39, 0.29) is 0 Å². The number of carboxylic acids is 1. The van der Waals surface area contributed by atoms with Gasteiger partial charge >= 0.3 is 5.97 Å². The van der Waals surface area contributed by atoms with E-state index in [9.17, 15) is 9.90 Å². The lowest BCUT2D eigenvalue weighted by Crippen LogP contribution is -2.50. The van der Waals surface area contributed by atoms with Crippen LogP contribution in [0.2, 0.25) is 0 Å². The third-order valence-corrected chi connectivity index (χ3v) is 3.95. The fourth-order valence-electron chi connectivity index (χ4n) is 2.86. The van der Waals surface area contributed by atoms with Crippen molar-refractivity contribution < 1.29 is 9.90 Å². The molecule has 5 heteroatoms. The van der Waals surface area contributed by atoms with Crippen LogP contribution in [-0.2, 0) is 11.2 Å². The molecule has 1 atom stereocenters. The Morgan fingerprint density at radius 2 is 2.21 bits per heavy atom. The van der Waals surface area contributed by atoms with E-state index >= 15 is 0 Å². The number of hydrogen-bond acceptors (Lipinski definition) is 4. The van der Waals surface area contributed by atoms with Crippen LogP contribution in [0.5, 0.6) is 0 Å². The minimum atomic E-state index is -0.800. The van der Waals surface area contributed by atoms with E-state index in [0.29, 0.717) is 12.8 Å². The van der Waals surface area contributed by atoms with E-state index < -0.39 is 11.5 Å². The van der Waals surface area contributed by atoms with Gasteiger partial charge in [0.15, 0.2) is 0 Å². The van der Waals surface area contributed by atoms with Crippen molar-refractivity contribution in [3.05, 3.63) is 17.6 Å². The SMILES string of the molecule is CCc1nc(C)cc(N2CCCC2(CC)C(=O)O)n1. The molecule has 1 aliphatic rings. The predicted molar refractivity (Wildman–Crippen MR) is 73.4 cm³/mol. The summed E-state index contributed by atoms with van der Waals surface area (Å²) in [6.07, 6.45) is 2.93. The lowest BCUT2D eigenvalue weighted by atomic mass is 9.93. The van der Waals surface area contributed by atoms with Crippen molar-refractivity contribution in [2.24, 2.45) is 0 Å². The van der Waals surface area contributed by atoms with Gasteiger partial charge in [-0.3, -0.25) is 0 Å². The Morgan fingerprint density at radius 3 is 2.79 bits per heavy atom. The molecular weight excluding hydrogens is 242 g/mol. The van der Waals surface area contributed by atoms with Crippen molar-refractivity contribution in [2.45, 2.75) is 52.0 Å². The van der Waals surface area contributed by atoms with Crippen LogP contribution in [-0.4, -0.2) is 33.1 Å². The van der Waals surface area contributed by atoms with E-state index in [4.69, 9.17) is 0 Å². The maximum absolute atomic E-state index is 11.7. The van der Waals surface area contributed by atoms with Gasteiger partial charge in [0, 0.05) is 24.7 Å². The predicted octanol–water partition coefficient (Wildman–Crippen LogP) is 2.18. The largest absolute Gasteiger partial charge is 0.479 e. The van der Waals surface area contributed by atoms with E-state index in [1.54, 1.807) is 0 Å². The van der Waals surface area contributed by atoms with Crippen molar-refractivity contribution in [3.63, 3.8) is 0 Å².